The molecule has 0 bridgehead atoms. The van der Waals surface area contributed by atoms with Crippen LogP contribution in [0.1, 0.15) is 38.8 Å². The fourth-order valence-electron chi connectivity index (χ4n) is 1.90. The van der Waals surface area contributed by atoms with Crippen molar-refractivity contribution in [2.75, 3.05) is 0 Å². The zero-order valence-electron chi connectivity index (χ0n) is 11.6. The summed E-state index contributed by atoms with van der Waals surface area (Å²) in [5.74, 6) is 0.219. The molecule has 0 spiro atoms. The molecule has 0 aliphatic rings. The van der Waals surface area contributed by atoms with Crippen LogP contribution in [-0.2, 0) is 4.79 Å². The number of hydrogen-bond acceptors (Lipinski definition) is 3. The van der Waals surface area contributed by atoms with Gasteiger partial charge in [0.1, 0.15) is 18.4 Å². The second kappa shape index (κ2) is 5.34. The summed E-state index contributed by atoms with van der Waals surface area (Å²) >= 11 is 0. The Hall–Kier alpha value is -1.97. The Bertz CT molecular complexity index is 526. The van der Waals surface area contributed by atoms with Gasteiger partial charge in [0, 0.05) is 11.8 Å². The second-order valence-corrected chi connectivity index (χ2v) is 5.68. The quantitative estimate of drug-likeness (QED) is 0.846. The summed E-state index contributed by atoms with van der Waals surface area (Å²) in [6.45, 7) is 5.83. The fourth-order valence-corrected chi connectivity index (χ4v) is 1.90. The van der Waals surface area contributed by atoms with E-state index in [9.17, 15) is 4.79 Å². The first-order valence-electron chi connectivity index (χ1n) is 6.41. The van der Waals surface area contributed by atoms with Gasteiger partial charge in [-0.15, -0.1) is 0 Å². The lowest BCUT2D eigenvalue weighted by molar-refractivity contribution is -0.126. The predicted octanol–water partition coefficient (Wildman–Crippen LogP) is 2.87. The molecular weight excluding hydrogens is 238 g/mol. The third kappa shape index (κ3) is 3.28. The molecular formula is C15H19N3O. The lowest BCUT2D eigenvalue weighted by atomic mass is 9.86. The van der Waals surface area contributed by atoms with Gasteiger partial charge in [-0.25, -0.2) is 9.67 Å². The summed E-state index contributed by atoms with van der Waals surface area (Å²) in [5.41, 5.74) is 0.735. The van der Waals surface area contributed by atoms with E-state index in [4.69, 9.17) is 0 Å². The molecule has 0 radical (unpaired) electrons. The molecule has 1 atom stereocenters. The molecule has 1 unspecified atom stereocenters. The molecule has 4 nitrogen and oxygen atoms in total. The monoisotopic (exact) mass is 257 g/mol. The molecule has 4 heteroatoms. The van der Waals surface area contributed by atoms with Crippen LogP contribution >= 0.6 is 0 Å². The highest BCUT2D eigenvalue weighted by Crippen LogP contribution is 2.26. The molecule has 2 aromatic rings. The molecule has 1 aromatic heterocycles. The predicted molar refractivity (Wildman–Crippen MR) is 73.7 cm³/mol. The molecule has 0 saturated carbocycles. The molecule has 1 heterocycles. The van der Waals surface area contributed by atoms with Gasteiger partial charge < -0.3 is 0 Å². The van der Waals surface area contributed by atoms with Gasteiger partial charge in [-0.1, -0.05) is 51.1 Å². The Morgan fingerprint density at radius 1 is 1.26 bits per heavy atom. The van der Waals surface area contributed by atoms with Crippen LogP contribution in [0.2, 0.25) is 0 Å². The highest BCUT2D eigenvalue weighted by Gasteiger charge is 2.26. The Labute approximate surface area is 113 Å². The highest BCUT2D eigenvalue weighted by atomic mass is 16.1. The van der Waals surface area contributed by atoms with Crippen molar-refractivity contribution in [1.29, 1.82) is 0 Å². The van der Waals surface area contributed by atoms with Crippen LogP contribution in [0.5, 0.6) is 0 Å². The minimum absolute atomic E-state index is 0.0876. The van der Waals surface area contributed by atoms with Crippen molar-refractivity contribution in [3.63, 3.8) is 0 Å². The van der Waals surface area contributed by atoms with E-state index in [0.717, 1.165) is 5.56 Å². The number of rotatable bonds is 4. The Kier molecular flexibility index (Phi) is 3.79. The smallest absolute Gasteiger partial charge is 0.140 e. The summed E-state index contributed by atoms with van der Waals surface area (Å²) < 4.78 is 1.75. The van der Waals surface area contributed by atoms with E-state index in [1.54, 1.807) is 11.0 Å². The van der Waals surface area contributed by atoms with Gasteiger partial charge in [-0.2, -0.15) is 5.10 Å². The SMILES string of the molecule is CC(C)(C)C(=O)CC(c1ccccc1)n1cncn1. The van der Waals surface area contributed by atoms with Crippen molar-refractivity contribution < 1.29 is 4.79 Å². The lowest BCUT2D eigenvalue weighted by Crippen LogP contribution is -2.25. The van der Waals surface area contributed by atoms with Crippen LogP contribution in [-0.4, -0.2) is 20.5 Å². The Morgan fingerprint density at radius 3 is 2.47 bits per heavy atom. The van der Waals surface area contributed by atoms with Crippen LogP contribution in [0.4, 0.5) is 0 Å². The summed E-state index contributed by atoms with van der Waals surface area (Å²) in [5, 5.41) is 4.18. The molecule has 19 heavy (non-hydrogen) atoms. The first-order chi connectivity index (χ1) is 8.98. The summed E-state index contributed by atoms with van der Waals surface area (Å²) in [7, 11) is 0. The van der Waals surface area contributed by atoms with Gasteiger partial charge >= 0.3 is 0 Å². The summed E-state index contributed by atoms with van der Waals surface area (Å²) in [6, 6.07) is 9.86. The van der Waals surface area contributed by atoms with Gasteiger partial charge in [-0.05, 0) is 5.56 Å². The van der Waals surface area contributed by atoms with Crippen molar-refractivity contribution >= 4 is 5.78 Å². The first-order valence-corrected chi connectivity index (χ1v) is 6.41. The van der Waals surface area contributed by atoms with Crippen LogP contribution in [0.3, 0.4) is 0 Å². The highest BCUT2D eigenvalue weighted by molar-refractivity contribution is 5.84. The number of carbonyl (C=O) groups excluding carboxylic acids is 1. The van der Waals surface area contributed by atoms with Crippen LogP contribution in [0.25, 0.3) is 0 Å². The lowest BCUT2D eigenvalue weighted by Gasteiger charge is -2.22. The molecule has 2 rings (SSSR count). The number of carbonyl (C=O) groups is 1. The maximum Gasteiger partial charge on any atom is 0.140 e. The summed E-state index contributed by atoms with van der Waals surface area (Å²) in [6.07, 6.45) is 3.59. The molecule has 0 aliphatic heterocycles. The van der Waals surface area contributed by atoms with Gasteiger partial charge in [0.25, 0.3) is 0 Å². The maximum absolute atomic E-state index is 12.3. The zero-order chi connectivity index (χ0) is 13.9. The van der Waals surface area contributed by atoms with E-state index in [-0.39, 0.29) is 17.2 Å². The van der Waals surface area contributed by atoms with E-state index in [2.05, 4.69) is 10.1 Å². The standard InChI is InChI=1S/C15H19N3O/c1-15(2,3)14(19)9-13(18-11-16-10-17-18)12-7-5-4-6-8-12/h4-8,10-11,13H,9H2,1-3H3. The summed E-state index contributed by atoms with van der Waals surface area (Å²) in [4.78, 5) is 16.3. The molecule has 0 fully saturated rings. The topological polar surface area (TPSA) is 47.8 Å². The van der Waals surface area contributed by atoms with Gasteiger partial charge in [0.05, 0.1) is 6.04 Å². The van der Waals surface area contributed by atoms with Crippen molar-refractivity contribution in [3.05, 3.63) is 48.5 Å². The largest absolute Gasteiger partial charge is 0.299 e. The Morgan fingerprint density at radius 2 is 1.95 bits per heavy atom. The van der Waals surface area contributed by atoms with Gasteiger partial charge in [-0.3, -0.25) is 4.79 Å². The first kappa shape index (κ1) is 13.5. The van der Waals surface area contributed by atoms with E-state index in [1.165, 1.54) is 6.33 Å². The number of nitrogens with zero attached hydrogens (tertiary/aromatic N) is 3. The van der Waals surface area contributed by atoms with Crippen molar-refractivity contribution in [2.24, 2.45) is 5.41 Å². The minimum atomic E-state index is -0.340. The molecule has 0 saturated heterocycles. The number of aromatic nitrogens is 3. The van der Waals surface area contributed by atoms with Gasteiger partial charge in [0.2, 0.25) is 0 Å². The number of benzene rings is 1. The normalized spacial score (nSPS) is 13.2. The maximum atomic E-state index is 12.3. The zero-order valence-corrected chi connectivity index (χ0v) is 11.6. The average Bonchev–Trinajstić information content (AvgIpc) is 2.89. The average molecular weight is 257 g/mol. The van der Waals surface area contributed by atoms with Crippen LogP contribution in [0, 0.1) is 5.41 Å². The van der Waals surface area contributed by atoms with E-state index >= 15 is 0 Å². The van der Waals surface area contributed by atoms with Gasteiger partial charge in [0.15, 0.2) is 0 Å². The minimum Gasteiger partial charge on any atom is -0.299 e. The van der Waals surface area contributed by atoms with Crippen LogP contribution < -0.4 is 0 Å². The number of ketones is 1. The van der Waals surface area contributed by atoms with Crippen molar-refractivity contribution in [2.45, 2.75) is 33.2 Å². The molecule has 0 N–H and O–H groups in total. The molecule has 0 amide bonds. The number of Topliss-reactive ketones (excluding diaryl/α,β-unsaturated/α-hetero) is 1. The molecule has 1 aromatic carbocycles. The molecule has 0 aliphatic carbocycles. The Balaban J connectivity index is 2.29. The van der Waals surface area contributed by atoms with E-state index in [0.29, 0.717) is 6.42 Å². The third-order valence-electron chi connectivity index (χ3n) is 3.16. The van der Waals surface area contributed by atoms with E-state index < -0.39 is 0 Å². The van der Waals surface area contributed by atoms with Crippen molar-refractivity contribution in [3.8, 4) is 0 Å². The number of hydrogen-bond donors (Lipinski definition) is 0. The fraction of sp³-hybridized carbons (Fsp3) is 0.400. The van der Waals surface area contributed by atoms with Crippen LogP contribution in [0.15, 0.2) is 43.0 Å². The van der Waals surface area contributed by atoms with Crippen molar-refractivity contribution in [1.82, 2.24) is 14.8 Å². The molecule has 100 valence electrons. The van der Waals surface area contributed by atoms with E-state index in [1.807, 2.05) is 51.1 Å². The second-order valence-electron chi connectivity index (χ2n) is 5.68. The third-order valence-corrected chi connectivity index (χ3v) is 3.16.